The molecule has 0 radical (unpaired) electrons. The highest BCUT2D eigenvalue weighted by molar-refractivity contribution is 6.28. The Balaban J connectivity index is 2.02. The first kappa shape index (κ1) is 12.6. The zero-order valence-electron chi connectivity index (χ0n) is 10.0. The molecule has 2 heterocycles. The van der Waals surface area contributed by atoms with Gasteiger partial charge in [0.1, 0.15) is 0 Å². The lowest BCUT2D eigenvalue weighted by atomic mass is 10.3. The maximum absolute atomic E-state index is 5.76. The Hall–Kier alpha value is -1.89. The molecule has 1 N–H and O–H groups in total. The van der Waals surface area contributed by atoms with Gasteiger partial charge in [-0.05, 0) is 18.5 Å². The second-order valence-electron chi connectivity index (χ2n) is 3.72. The van der Waals surface area contributed by atoms with Crippen LogP contribution in [0.4, 0.5) is 5.95 Å². The summed E-state index contributed by atoms with van der Waals surface area (Å²) >= 11 is 5.76. The number of nitrogens with zero attached hydrogens (tertiary/aromatic N) is 5. The Morgan fingerprint density at radius 2 is 2.28 bits per heavy atom. The molecule has 0 amide bonds. The molecule has 0 fully saturated rings. The molecule has 96 valence electrons. The van der Waals surface area contributed by atoms with Gasteiger partial charge in [-0.1, -0.05) is 0 Å². The monoisotopic (exact) mass is 268 g/mol. The van der Waals surface area contributed by atoms with E-state index in [0.29, 0.717) is 5.95 Å². The molecule has 2 aromatic rings. The van der Waals surface area contributed by atoms with Crippen LogP contribution in [0.25, 0.3) is 0 Å². The highest BCUT2D eigenvalue weighted by Crippen LogP contribution is 2.11. The van der Waals surface area contributed by atoms with Gasteiger partial charge in [0.15, 0.2) is 0 Å². The van der Waals surface area contributed by atoms with Crippen LogP contribution in [0.2, 0.25) is 5.28 Å². The van der Waals surface area contributed by atoms with Gasteiger partial charge in [-0.2, -0.15) is 15.0 Å². The van der Waals surface area contributed by atoms with Crippen LogP contribution >= 0.6 is 11.6 Å². The molecule has 2 rings (SSSR count). The number of aromatic nitrogens is 5. The standard InChI is InChI=1S/C10H13ClN6O/c1-7(5-17-4-3-12-6-17)13-9-14-8(11)15-10(16-9)18-2/h3-4,6-7H,5H2,1-2H3,(H,13,14,15,16). The number of hydrogen-bond acceptors (Lipinski definition) is 6. The number of ether oxygens (including phenoxy) is 1. The van der Waals surface area contributed by atoms with Crippen LogP contribution in [-0.4, -0.2) is 37.7 Å². The summed E-state index contributed by atoms with van der Waals surface area (Å²) in [7, 11) is 1.48. The van der Waals surface area contributed by atoms with E-state index in [9.17, 15) is 0 Å². The zero-order chi connectivity index (χ0) is 13.0. The van der Waals surface area contributed by atoms with E-state index in [-0.39, 0.29) is 17.3 Å². The molecule has 0 bridgehead atoms. The predicted octanol–water partition coefficient (Wildman–Crippen LogP) is 1.23. The van der Waals surface area contributed by atoms with Gasteiger partial charge >= 0.3 is 6.01 Å². The molecule has 18 heavy (non-hydrogen) atoms. The number of hydrogen-bond donors (Lipinski definition) is 1. The highest BCUT2D eigenvalue weighted by atomic mass is 35.5. The summed E-state index contributed by atoms with van der Waals surface area (Å²) in [5, 5.41) is 3.22. The van der Waals surface area contributed by atoms with E-state index in [4.69, 9.17) is 16.3 Å². The summed E-state index contributed by atoms with van der Waals surface area (Å²) in [6, 6.07) is 0.301. The Labute approximate surface area is 109 Å². The Kier molecular flexibility index (Phi) is 3.93. The van der Waals surface area contributed by atoms with E-state index >= 15 is 0 Å². The van der Waals surface area contributed by atoms with E-state index in [1.165, 1.54) is 7.11 Å². The SMILES string of the molecule is COc1nc(Cl)nc(NC(C)Cn2ccnc2)n1. The van der Waals surface area contributed by atoms with Crippen LogP contribution < -0.4 is 10.1 Å². The molecule has 0 aliphatic rings. The lowest BCUT2D eigenvalue weighted by Crippen LogP contribution is -2.22. The van der Waals surface area contributed by atoms with Gasteiger partial charge in [0.05, 0.1) is 13.4 Å². The van der Waals surface area contributed by atoms with Crippen LogP contribution in [-0.2, 0) is 6.54 Å². The molecule has 0 aliphatic heterocycles. The molecule has 0 saturated carbocycles. The van der Waals surface area contributed by atoms with Gasteiger partial charge in [0.25, 0.3) is 0 Å². The molecule has 0 aliphatic carbocycles. The maximum Gasteiger partial charge on any atom is 0.322 e. The lowest BCUT2D eigenvalue weighted by Gasteiger charge is -2.14. The molecule has 0 spiro atoms. The number of anilines is 1. The normalized spacial score (nSPS) is 12.2. The summed E-state index contributed by atoms with van der Waals surface area (Å²) in [6.45, 7) is 2.75. The minimum Gasteiger partial charge on any atom is -0.467 e. The first-order valence-electron chi connectivity index (χ1n) is 5.35. The number of methoxy groups -OCH3 is 1. The summed E-state index contributed by atoms with van der Waals surface area (Å²) in [4.78, 5) is 15.8. The largest absolute Gasteiger partial charge is 0.467 e. The maximum atomic E-state index is 5.76. The van der Waals surface area contributed by atoms with Gasteiger partial charge in [-0.25, -0.2) is 4.98 Å². The van der Waals surface area contributed by atoms with E-state index in [1.807, 2.05) is 17.7 Å². The topological polar surface area (TPSA) is 77.8 Å². The fraction of sp³-hybridized carbons (Fsp3) is 0.400. The molecule has 0 saturated heterocycles. The van der Waals surface area contributed by atoms with E-state index < -0.39 is 0 Å². The average Bonchev–Trinajstić information content (AvgIpc) is 2.80. The molecular weight excluding hydrogens is 256 g/mol. The molecule has 2 aromatic heterocycles. The fourth-order valence-electron chi connectivity index (χ4n) is 1.46. The van der Waals surface area contributed by atoms with Crippen molar-refractivity contribution in [3.8, 4) is 6.01 Å². The summed E-state index contributed by atoms with van der Waals surface area (Å²) < 4.78 is 6.88. The van der Waals surface area contributed by atoms with Gasteiger partial charge in [-0.15, -0.1) is 0 Å². The molecular formula is C10H13ClN6O. The quantitative estimate of drug-likeness (QED) is 0.879. The average molecular weight is 269 g/mol. The van der Waals surface area contributed by atoms with E-state index in [2.05, 4.69) is 25.3 Å². The Bertz CT molecular complexity index is 503. The van der Waals surface area contributed by atoms with E-state index in [0.717, 1.165) is 6.54 Å². The summed E-state index contributed by atoms with van der Waals surface area (Å²) in [6.07, 6.45) is 5.37. The number of nitrogens with one attached hydrogen (secondary N) is 1. The molecule has 1 atom stereocenters. The third-order valence-electron chi connectivity index (χ3n) is 2.19. The molecule has 0 aromatic carbocycles. The molecule has 7 nitrogen and oxygen atoms in total. The first-order chi connectivity index (χ1) is 8.67. The van der Waals surface area contributed by atoms with Crippen molar-refractivity contribution < 1.29 is 4.74 Å². The van der Waals surface area contributed by atoms with Crippen LogP contribution in [0.5, 0.6) is 6.01 Å². The zero-order valence-corrected chi connectivity index (χ0v) is 10.8. The third-order valence-corrected chi connectivity index (χ3v) is 2.36. The molecule has 8 heteroatoms. The van der Waals surface area contributed by atoms with Gasteiger partial charge in [0.2, 0.25) is 11.2 Å². The van der Waals surface area contributed by atoms with Crippen molar-refractivity contribution in [1.29, 1.82) is 0 Å². The minimum atomic E-state index is 0.0965. The van der Waals surface area contributed by atoms with Crippen molar-refractivity contribution in [2.45, 2.75) is 19.5 Å². The van der Waals surface area contributed by atoms with Gasteiger partial charge in [-0.3, -0.25) is 0 Å². The summed E-state index contributed by atoms with van der Waals surface area (Å²) in [5.41, 5.74) is 0. The van der Waals surface area contributed by atoms with Crippen LogP contribution in [0.3, 0.4) is 0 Å². The number of imidazole rings is 1. The van der Waals surface area contributed by atoms with Crippen molar-refractivity contribution in [2.24, 2.45) is 0 Å². The minimum absolute atomic E-state index is 0.0965. The predicted molar refractivity (Wildman–Crippen MR) is 66.7 cm³/mol. The van der Waals surface area contributed by atoms with Crippen molar-refractivity contribution in [3.05, 3.63) is 24.0 Å². The fourth-order valence-corrected chi connectivity index (χ4v) is 1.62. The highest BCUT2D eigenvalue weighted by Gasteiger charge is 2.08. The smallest absolute Gasteiger partial charge is 0.322 e. The van der Waals surface area contributed by atoms with Crippen molar-refractivity contribution in [1.82, 2.24) is 24.5 Å². The van der Waals surface area contributed by atoms with Gasteiger partial charge < -0.3 is 14.6 Å². The Morgan fingerprint density at radius 3 is 2.94 bits per heavy atom. The van der Waals surface area contributed by atoms with Gasteiger partial charge in [0, 0.05) is 25.0 Å². The number of halogens is 1. The number of rotatable bonds is 5. The third kappa shape index (κ3) is 3.30. The second-order valence-corrected chi connectivity index (χ2v) is 4.06. The van der Waals surface area contributed by atoms with E-state index in [1.54, 1.807) is 12.5 Å². The first-order valence-corrected chi connectivity index (χ1v) is 5.73. The van der Waals surface area contributed by atoms with Crippen LogP contribution in [0, 0.1) is 0 Å². The van der Waals surface area contributed by atoms with Crippen molar-refractivity contribution >= 4 is 17.5 Å². The summed E-state index contributed by atoms with van der Waals surface area (Å²) in [5.74, 6) is 0.388. The van der Waals surface area contributed by atoms with Crippen LogP contribution in [0.1, 0.15) is 6.92 Å². The lowest BCUT2D eigenvalue weighted by molar-refractivity contribution is 0.378. The molecule has 1 unspecified atom stereocenters. The second kappa shape index (κ2) is 5.63. The van der Waals surface area contributed by atoms with Crippen molar-refractivity contribution in [2.75, 3.05) is 12.4 Å². The van der Waals surface area contributed by atoms with Crippen molar-refractivity contribution in [3.63, 3.8) is 0 Å². The van der Waals surface area contributed by atoms with Crippen LogP contribution in [0.15, 0.2) is 18.7 Å². The Morgan fingerprint density at radius 1 is 1.44 bits per heavy atom.